The van der Waals surface area contributed by atoms with E-state index in [0.717, 1.165) is 48.0 Å². The molecular weight excluding hydrogens is 320 g/mol. The quantitative estimate of drug-likeness (QED) is 0.683. The van der Waals surface area contributed by atoms with Gasteiger partial charge >= 0.3 is 0 Å². The number of aryl methyl sites for hydroxylation is 2. The van der Waals surface area contributed by atoms with Gasteiger partial charge in [-0.3, -0.25) is 5.10 Å². The number of H-pyrrole nitrogens is 1. The van der Waals surface area contributed by atoms with Crippen molar-refractivity contribution in [2.75, 3.05) is 18.4 Å². The summed E-state index contributed by atoms with van der Waals surface area (Å²) in [4.78, 5) is 12.3. The first-order valence-electron chi connectivity index (χ1n) is 8.67. The Balaban J connectivity index is 1.67. The normalized spacial score (nSPS) is 20.4. The van der Waals surface area contributed by atoms with Crippen LogP contribution >= 0.6 is 11.3 Å². The van der Waals surface area contributed by atoms with Gasteiger partial charge in [-0.15, -0.1) is 11.3 Å². The van der Waals surface area contributed by atoms with Gasteiger partial charge in [-0.05, 0) is 44.2 Å². The summed E-state index contributed by atoms with van der Waals surface area (Å²) in [5, 5.41) is 15.3. The highest BCUT2D eigenvalue weighted by Crippen LogP contribution is 2.39. The van der Waals surface area contributed by atoms with E-state index in [1.165, 1.54) is 35.1 Å². The fourth-order valence-corrected chi connectivity index (χ4v) is 5.00. The maximum absolute atomic E-state index is 4.88. The minimum absolute atomic E-state index is 0.444. The summed E-state index contributed by atoms with van der Waals surface area (Å²) in [5.74, 6) is 1.76. The van der Waals surface area contributed by atoms with Crippen molar-refractivity contribution < 1.29 is 0 Å². The van der Waals surface area contributed by atoms with Crippen LogP contribution < -0.4 is 10.6 Å². The second kappa shape index (κ2) is 5.82. The molecular formula is C17H20N6S. The molecule has 3 aromatic heterocycles. The lowest BCUT2D eigenvalue weighted by molar-refractivity contribution is 0.700. The largest absolute Gasteiger partial charge is 0.365 e. The van der Waals surface area contributed by atoms with Crippen molar-refractivity contribution in [3.63, 3.8) is 0 Å². The Bertz CT molecular complexity index is 863. The van der Waals surface area contributed by atoms with Crippen molar-refractivity contribution in [2.45, 2.75) is 38.1 Å². The minimum atomic E-state index is 0.444. The van der Waals surface area contributed by atoms with Crippen molar-refractivity contribution in [2.24, 2.45) is 0 Å². The van der Waals surface area contributed by atoms with E-state index >= 15 is 0 Å². The lowest BCUT2D eigenvalue weighted by atomic mass is 9.97. The van der Waals surface area contributed by atoms with Crippen LogP contribution in [0.1, 0.15) is 29.7 Å². The molecule has 3 aromatic rings. The molecule has 1 atom stereocenters. The van der Waals surface area contributed by atoms with E-state index in [-0.39, 0.29) is 0 Å². The highest BCUT2D eigenvalue weighted by atomic mass is 32.1. The first-order chi connectivity index (χ1) is 11.9. The summed E-state index contributed by atoms with van der Waals surface area (Å²) in [6, 6.07) is 0.444. The van der Waals surface area contributed by atoms with Gasteiger partial charge in [-0.2, -0.15) is 5.10 Å². The highest BCUT2D eigenvalue weighted by Gasteiger charge is 2.23. The van der Waals surface area contributed by atoms with Gasteiger partial charge in [0, 0.05) is 23.7 Å². The number of rotatable bonds is 3. The molecule has 0 saturated carbocycles. The number of aromatic nitrogens is 4. The molecule has 0 amide bonds. The molecule has 0 spiro atoms. The smallest absolute Gasteiger partial charge is 0.166 e. The zero-order valence-electron chi connectivity index (χ0n) is 13.4. The molecule has 3 N–H and O–H groups in total. The zero-order chi connectivity index (χ0) is 15.9. The van der Waals surface area contributed by atoms with Crippen LogP contribution in [0.25, 0.3) is 21.6 Å². The molecule has 2 aliphatic rings. The number of nitrogens with zero attached hydrogens (tertiary/aromatic N) is 3. The molecule has 1 saturated heterocycles. The second-order valence-electron chi connectivity index (χ2n) is 6.61. The van der Waals surface area contributed by atoms with Crippen LogP contribution in [0.4, 0.5) is 5.82 Å². The molecule has 0 bridgehead atoms. The van der Waals surface area contributed by atoms with Crippen LogP contribution in [0.2, 0.25) is 0 Å². The van der Waals surface area contributed by atoms with Gasteiger partial charge in [-0.25, -0.2) is 9.97 Å². The van der Waals surface area contributed by atoms with Gasteiger partial charge in [0.2, 0.25) is 0 Å². The van der Waals surface area contributed by atoms with Gasteiger partial charge in [0.05, 0.1) is 17.1 Å². The summed E-state index contributed by atoms with van der Waals surface area (Å²) in [6.07, 6.45) is 9.68. The molecule has 124 valence electrons. The summed E-state index contributed by atoms with van der Waals surface area (Å²) in [5.41, 5.74) is 2.42. The molecule has 0 radical (unpaired) electrons. The molecule has 0 aromatic carbocycles. The van der Waals surface area contributed by atoms with Gasteiger partial charge < -0.3 is 10.6 Å². The third-order valence-electron chi connectivity index (χ3n) is 4.97. The van der Waals surface area contributed by atoms with E-state index < -0.39 is 0 Å². The predicted octanol–water partition coefficient (Wildman–Crippen LogP) is 2.73. The fourth-order valence-electron chi connectivity index (χ4n) is 3.74. The first-order valence-corrected chi connectivity index (χ1v) is 9.49. The number of hydrogen-bond donors (Lipinski definition) is 3. The maximum Gasteiger partial charge on any atom is 0.166 e. The third-order valence-corrected chi connectivity index (χ3v) is 6.16. The first kappa shape index (κ1) is 14.4. The maximum atomic E-state index is 4.88. The monoisotopic (exact) mass is 340 g/mol. The Morgan fingerprint density at radius 1 is 1.21 bits per heavy atom. The van der Waals surface area contributed by atoms with Gasteiger partial charge in [-0.1, -0.05) is 0 Å². The van der Waals surface area contributed by atoms with Crippen molar-refractivity contribution in [1.82, 2.24) is 25.5 Å². The Hall–Kier alpha value is -1.99. The van der Waals surface area contributed by atoms with Crippen molar-refractivity contribution in [3.8, 4) is 11.4 Å². The highest BCUT2D eigenvalue weighted by molar-refractivity contribution is 7.19. The van der Waals surface area contributed by atoms with Crippen LogP contribution in [-0.4, -0.2) is 39.3 Å². The molecule has 4 heterocycles. The van der Waals surface area contributed by atoms with Gasteiger partial charge in [0.1, 0.15) is 10.6 Å². The standard InChI is InChI=1S/C17H20N6S/c1-2-4-13-12(3-1)14-16(21-11-5-6-18-9-11)22-15(23-17(14)24-13)10-7-19-20-8-10/h7-8,11,18H,1-6,9H2,(H,19,20)(H,21,22,23)/t11-/m1/s1. The molecule has 24 heavy (non-hydrogen) atoms. The number of hydrogen-bond acceptors (Lipinski definition) is 6. The molecule has 6 nitrogen and oxygen atoms in total. The van der Waals surface area contributed by atoms with Crippen LogP contribution in [-0.2, 0) is 12.8 Å². The molecule has 1 aliphatic heterocycles. The summed E-state index contributed by atoms with van der Waals surface area (Å²) < 4.78 is 0. The van der Waals surface area contributed by atoms with E-state index in [9.17, 15) is 0 Å². The molecule has 7 heteroatoms. The van der Waals surface area contributed by atoms with Crippen LogP contribution in [0, 0.1) is 0 Å². The lowest BCUT2D eigenvalue weighted by Crippen LogP contribution is -2.23. The number of anilines is 1. The van der Waals surface area contributed by atoms with E-state index in [1.54, 1.807) is 6.20 Å². The lowest BCUT2D eigenvalue weighted by Gasteiger charge is -2.16. The third kappa shape index (κ3) is 2.39. The summed E-state index contributed by atoms with van der Waals surface area (Å²) >= 11 is 1.85. The number of nitrogens with one attached hydrogen (secondary N) is 3. The zero-order valence-corrected chi connectivity index (χ0v) is 14.2. The molecule has 1 fully saturated rings. The van der Waals surface area contributed by atoms with E-state index in [0.29, 0.717) is 6.04 Å². The Labute approximate surface area is 144 Å². The Morgan fingerprint density at radius 3 is 3.00 bits per heavy atom. The summed E-state index contributed by atoms with van der Waals surface area (Å²) in [6.45, 7) is 2.07. The van der Waals surface area contributed by atoms with Gasteiger partial charge in [0.25, 0.3) is 0 Å². The van der Waals surface area contributed by atoms with Crippen LogP contribution in [0.15, 0.2) is 12.4 Å². The molecule has 0 unspecified atom stereocenters. The molecule has 1 aliphatic carbocycles. The van der Waals surface area contributed by atoms with E-state index in [2.05, 4.69) is 20.8 Å². The Morgan fingerprint density at radius 2 is 2.17 bits per heavy atom. The average Bonchev–Trinajstić information content (AvgIpc) is 3.34. The SMILES string of the molecule is c1n[nH]cc1-c1nc(N[C@@H]2CCNC2)c2c3c(sc2n1)CCCC3. The number of fused-ring (bicyclic) bond motifs is 3. The number of aromatic amines is 1. The summed E-state index contributed by atoms with van der Waals surface area (Å²) in [7, 11) is 0. The van der Waals surface area contributed by atoms with E-state index in [1.807, 2.05) is 17.5 Å². The van der Waals surface area contributed by atoms with Crippen LogP contribution in [0.5, 0.6) is 0 Å². The topological polar surface area (TPSA) is 78.5 Å². The van der Waals surface area contributed by atoms with Crippen molar-refractivity contribution in [3.05, 3.63) is 22.8 Å². The second-order valence-corrected chi connectivity index (χ2v) is 7.69. The predicted molar refractivity (Wildman–Crippen MR) is 96.5 cm³/mol. The van der Waals surface area contributed by atoms with Crippen molar-refractivity contribution in [1.29, 1.82) is 0 Å². The fraction of sp³-hybridized carbons (Fsp3) is 0.471. The minimum Gasteiger partial charge on any atom is -0.365 e. The average molecular weight is 340 g/mol. The van der Waals surface area contributed by atoms with Crippen LogP contribution in [0.3, 0.4) is 0 Å². The number of thiophene rings is 1. The van der Waals surface area contributed by atoms with E-state index in [4.69, 9.17) is 9.97 Å². The van der Waals surface area contributed by atoms with Crippen molar-refractivity contribution >= 4 is 27.4 Å². The Kier molecular flexibility index (Phi) is 3.48. The van der Waals surface area contributed by atoms with Gasteiger partial charge in [0.15, 0.2) is 5.82 Å². The molecule has 5 rings (SSSR count).